The van der Waals surface area contributed by atoms with Crippen LogP contribution in [0, 0.1) is 0 Å². The van der Waals surface area contributed by atoms with Gasteiger partial charge in [0, 0.05) is 65.0 Å². The maximum absolute atomic E-state index is 5.99. The van der Waals surface area contributed by atoms with Crippen LogP contribution in [-0.2, 0) is 19.5 Å². The molecule has 1 aliphatic rings. The van der Waals surface area contributed by atoms with Crippen LogP contribution in [-0.4, -0.2) is 33.5 Å². The van der Waals surface area contributed by atoms with E-state index in [0.29, 0.717) is 0 Å². The normalized spacial score (nSPS) is 13.7. The van der Waals surface area contributed by atoms with Gasteiger partial charge in [0.05, 0.1) is 12.8 Å². The minimum absolute atomic E-state index is 0.718. The number of ether oxygens (including phenoxy) is 1. The van der Waals surface area contributed by atoms with Gasteiger partial charge in [0.2, 0.25) is 0 Å². The lowest BCUT2D eigenvalue weighted by Gasteiger charge is -2.27. The Balaban J connectivity index is 1.28. The predicted molar refractivity (Wildman–Crippen MR) is 124 cm³/mol. The standard InChI is InChI=1S/C24H21ClN4OS/c1-30-20-4-2-3-17(11-20)24-27-13-21(31-24)15-29-10-9-22-18(14-29)12-26-23(28-22)16-5-7-19(25)8-6-16/h2-8,11-13H,9-10,14-15H2,1H3. The Labute approximate surface area is 190 Å². The van der Waals surface area contributed by atoms with E-state index in [1.807, 2.05) is 54.9 Å². The van der Waals surface area contributed by atoms with Crippen LogP contribution in [0.2, 0.25) is 5.02 Å². The van der Waals surface area contributed by atoms with Crippen molar-refractivity contribution in [2.24, 2.45) is 0 Å². The van der Waals surface area contributed by atoms with E-state index in [2.05, 4.69) is 20.9 Å². The summed E-state index contributed by atoms with van der Waals surface area (Å²) in [6.45, 7) is 2.69. The van der Waals surface area contributed by atoms with Gasteiger partial charge in [-0.15, -0.1) is 11.3 Å². The molecule has 0 spiro atoms. The van der Waals surface area contributed by atoms with E-state index >= 15 is 0 Å². The maximum atomic E-state index is 5.99. The molecule has 156 valence electrons. The van der Waals surface area contributed by atoms with E-state index in [9.17, 15) is 0 Å². The zero-order valence-corrected chi connectivity index (χ0v) is 18.7. The number of benzene rings is 2. The van der Waals surface area contributed by atoms with Crippen molar-refractivity contribution in [2.75, 3.05) is 13.7 Å². The number of nitrogens with zero attached hydrogens (tertiary/aromatic N) is 4. The van der Waals surface area contributed by atoms with Gasteiger partial charge in [-0.25, -0.2) is 15.0 Å². The van der Waals surface area contributed by atoms with E-state index in [4.69, 9.17) is 21.3 Å². The Morgan fingerprint density at radius 1 is 1.06 bits per heavy atom. The van der Waals surface area contributed by atoms with Gasteiger partial charge in [-0.05, 0) is 36.4 Å². The largest absolute Gasteiger partial charge is 0.497 e. The van der Waals surface area contributed by atoms with Crippen LogP contribution < -0.4 is 4.74 Å². The number of rotatable bonds is 5. The molecule has 2 aromatic carbocycles. The zero-order valence-electron chi connectivity index (χ0n) is 17.1. The fraction of sp³-hybridized carbons (Fsp3) is 0.208. The first-order chi connectivity index (χ1) is 15.2. The van der Waals surface area contributed by atoms with Crippen molar-refractivity contribution in [3.8, 4) is 27.7 Å². The lowest BCUT2D eigenvalue weighted by atomic mass is 10.1. The van der Waals surface area contributed by atoms with Crippen molar-refractivity contribution in [1.29, 1.82) is 0 Å². The summed E-state index contributed by atoms with van der Waals surface area (Å²) in [6.07, 6.45) is 4.86. The van der Waals surface area contributed by atoms with Crippen molar-refractivity contribution in [2.45, 2.75) is 19.5 Å². The smallest absolute Gasteiger partial charge is 0.159 e. The minimum atomic E-state index is 0.718. The van der Waals surface area contributed by atoms with Crippen LogP contribution in [0.5, 0.6) is 5.75 Å². The Bertz CT molecular complexity index is 1210. The molecule has 0 aliphatic carbocycles. The van der Waals surface area contributed by atoms with E-state index in [0.717, 1.165) is 64.5 Å². The van der Waals surface area contributed by atoms with Crippen molar-refractivity contribution in [3.63, 3.8) is 0 Å². The Morgan fingerprint density at radius 3 is 2.77 bits per heavy atom. The molecule has 1 aliphatic heterocycles. The lowest BCUT2D eigenvalue weighted by Crippen LogP contribution is -2.30. The van der Waals surface area contributed by atoms with Crippen LogP contribution in [0.4, 0.5) is 0 Å². The average Bonchev–Trinajstić information content (AvgIpc) is 3.28. The van der Waals surface area contributed by atoms with Gasteiger partial charge in [-0.1, -0.05) is 23.7 Å². The second-order valence-electron chi connectivity index (χ2n) is 7.50. The van der Waals surface area contributed by atoms with Crippen molar-refractivity contribution in [1.82, 2.24) is 19.9 Å². The van der Waals surface area contributed by atoms with Crippen LogP contribution in [0.25, 0.3) is 22.0 Å². The van der Waals surface area contributed by atoms with Crippen LogP contribution in [0.3, 0.4) is 0 Å². The summed E-state index contributed by atoms with van der Waals surface area (Å²) >= 11 is 7.72. The number of halogens is 1. The number of fused-ring (bicyclic) bond motifs is 1. The van der Waals surface area contributed by atoms with Gasteiger partial charge >= 0.3 is 0 Å². The summed E-state index contributed by atoms with van der Waals surface area (Å²) in [6, 6.07) is 15.7. The molecule has 3 heterocycles. The molecule has 0 unspecified atom stereocenters. The van der Waals surface area contributed by atoms with Gasteiger partial charge in [0.25, 0.3) is 0 Å². The van der Waals surface area contributed by atoms with E-state index < -0.39 is 0 Å². The summed E-state index contributed by atoms with van der Waals surface area (Å²) in [7, 11) is 1.68. The monoisotopic (exact) mass is 448 g/mol. The quantitative estimate of drug-likeness (QED) is 0.404. The van der Waals surface area contributed by atoms with Gasteiger partial charge in [0.15, 0.2) is 5.82 Å². The molecule has 0 radical (unpaired) electrons. The Morgan fingerprint density at radius 2 is 1.94 bits per heavy atom. The average molecular weight is 449 g/mol. The van der Waals surface area contributed by atoms with E-state index in [1.165, 1.54) is 10.4 Å². The molecule has 7 heteroatoms. The molecule has 5 rings (SSSR count). The summed E-state index contributed by atoms with van der Waals surface area (Å²) in [4.78, 5) is 17.7. The van der Waals surface area contributed by atoms with Crippen molar-refractivity contribution >= 4 is 22.9 Å². The summed E-state index contributed by atoms with van der Waals surface area (Å²) < 4.78 is 5.33. The second-order valence-corrected chi connectivity index (χ2v) is 9.05. The highest BCUT2D eigenvalue weighted by atomic mass is 35.5. The molecule has 0 saturated heterocycles. The van der Waals surface area contributed by atoms with E-state index in [-0.39, 0.29) is 0 Å². The number of hydrogen-bond donors (Lipinski definition) is 0. The molecule has 31 heavy (non-hydrogen) atoms. The highest BCUT2D eigenvalue weighted by Gasteiger charge is 2.20. The minimum Gasteiger partial charge on any atom is -0.497 e. The van der Waals surface area contributed by atoms with Gasteiger partial charge in [-0.3, -0.25) is 4.90 Å². The zero-order chi connectivity index (χ0) is 21.2. The highest BCUT2D eigenvalue weighted by Crippen LogP contribution is 2.29. The molecule has 0 fully saturated rings. The first-order valence-electron chi connectivity index (χ1n) is 10.1. The first kappa shape index (κ1) is 20.1. The fourth-order valence-corrected chi connectivity index (χ4v) is 4.82. The molecule has 0 bridgehead atoms. The molecular formula is C24H21ClN4OS. The maximum Gasteiger partial charge on any atom is 0.159 e. The lowest BCUT2D eigenvalue weighted by molar-refractivity contribution is 0.245. The highest BCUT2D eigenvalue weighted by molar-refractivity contribution is 7.15. The van der Waals surface area contributed by atoms with Gasteiger partial charge in [0.1, 0.15) is 10.8 Å². The van der Waals surface area contributed by atoms with Crippen LogP contribution in [0.15, 0.2) is 60.9 Å². The van der Waals surface area contributed by atoms with Gasteiger partial charge < -0.3 is 4.74 Å². The molecule has 5 nitrogen and oxygen atoms in total. The molecule has 2 aromatic heterocycles. The van der Waals surface area contributed by atoms with Gasteiger partial charge in [-0.2, -0.15) is 0 Å². The fourth-order valence-electron chi connectivity index (χ4n) is 3.74. The molecule has 0 atom stereocenters. The predicted octanol–water partition coefficient (Wildman–Crippen LogP) is 5.49. The Hall–Kier alpha value is -2.80. The topological polar surface area (TPSA) is 51.1 Å². The third-order valence-electron chi connectivity index (χ3n) is 5.37. The Kier molecular flexibility index (Phi) is 5.68. The molecule has 0 amide bonds. The number of thiazole rings is 1. The van der Waals surface area contributed by atoms with Crippen LogP contribution in [0.1, 0.15) is 16.1 Å². The number of hydrogen-bond acceptors (Lipinski definition) is 6. The first-order valence-corrected chi connectivity index (χ1v) is 11.3. The second kappa shape index (κ2) is 8.75. The summed E-state index contributed by atoms with van der Waals surface area (Å²) in [5, 5.41) is 1.73. The molecular weight excluding hydrogens is 428 g/mol. The molecule has 0 N–H and O–H groups in total. The summed E-state index contributed by atoms with van der Waals surface area (Å²) in [5.74, 6) is 1.61. The molecule has 4 aromatic rings. The number of methoxy groups -OCH3 is 1. The summed E-state index contributed by atoms with van der Waals surface area (Å²) in [5.41, 5.74) is 4.41. The number of aromatic nitrogens is 3. The third kappa shape index (κ3) is 4.46. The van der Waals surface area contributed by atoms with Crippen molar-refractivity contribution < 1.29 is 4.74 Å². The third-order valence-corrected chi connectivity index (χ3v) is 6.65. The molecule has 0 saturated carbocycles. The van der Waals surface area contributed by atoms with E-state index in [1.54, 1.807) is 18.4 Å². The SMILES string of the molecule is COc1cccc(-c2ncc(CN3CCc4nc(-c5ccc(Cl)cc5)ncc4C3)s2)c1. The van der Waals surface area contributed by atoms with Crippen LogP contribution >= 0.6 is 22.9 Å². The van der Waals surface area contributed by atoms with Crippen molar-refractivity contribution in [3.05, 3.63) is 82.1 Å².